The van der Waals surface area contributed by atoms with E-state index in [4.69, 9.17) is 4.74 Å². The lowest BCUT2D eigenvalue weighted by Crippen LogP contribution is -2.42. The standard InChI is InChI=1S/C18H26N6O2/c1-24-17-14(4-5-15(22-17)26-11-13-3-2-8-20-13)16(23-24)18(25)21-12-6-9-19-10-7-12/h4-5,12-13,19-20H,2-3,6-11H2,1H3,(H,21,25). The van der Waals surface area contributed by atoms with Crippen molar-refractivity contribution in [2.75, 3.05) is 26.2 Å². The number of fused-ring (bicyclic) bond motifs is 1. The van der Waals surface area contributed by atoms with Crippen molar-refractivity contribution in [1.29, 1.82) is 0 Å². The monoisotopic (exact) mass is 358 g/mol. The Kier molecular flexibility index (Phi) is 5.03. The van der Waals surface area contributed by atoms with Crippen molar-refractivity contribution < 1.29 is 9.53 Å². The maximum absolute atomic E-state index is 12.7. The molecule has 0 aliphatic carbocycles. The van der Waals surface area contributed by atoms with E-state index in [0.717, 1.165) is 44.3 Å². The average molecular weight is 358 g/mol. The Labute approximate surface area is 152 Å². The van der Waals surface area contributed by atoms with Crippen LogP contribution in [0.2, 0.25) is 0 Å². The molecule has 2 aliphatic rings. The van der Waals surface area contributed by atoms with E-state index in [-0.39, 0.29) is 11.9 Å². The molecule has 0 spiro atoms. The lowest BCUT2D eigenvalue weighted by molar-refractivity contribution is 0.0925. The van der Waals surface area contributed by atoms with Crippen molar-refractivity contribution in [2.24, 2.45) is 7.05 Å². The second-order valence-electron chi connectivity index (χ2n) is 7.09. The number of hydrogen-bond donors (Lipinski definition) is 3. The molecule has 2 aromatic heterocycles. The maximum atomic E-state index is 12.7. The number of nitrogens with zero attached hydrogens (tertiary/aromatic N) is 3. The summed E-state index contributed by atoms with van der Waals surface area (Å²) in [4.78, 5) is 17.2. The number of rotatable bonds is 5. The Balaban J connectivity index is 1.48. The topological polar surface area (TPSA) is 93.1 Å². The summed E-state index contributed by atoms with van der Waals surface area (Å²) in [6, 6.07) is 4.30. The normalized spacial score (nSPS) is 21.2. The molecule has 3 N–H and O–H groups in total. The molecule has 2 aromatic rings. The van der Waals surface area contributed by atoms with Crippen molar-refractivity contribution in [3.8, 4) is 5.88 Å². The number of nitrogens with one attached hydrogen (secondary N) is 3. The molecule has 0 saturated carbocycles. The van der Waals surface area contributed by atoms with E-state index in [1.807, 2.05) is 12.1 Å². The predicted molar refractivity (Wildman–Crippen MR) is 98.4 cm³/mol. The first-order valence-corrected chi connectivity index (χ1v) is 9.42. The van der Waals surface area contributed by atoms with Gasteiger partial charge in [-0.1, -0.05) is 0 Å². The van der Waals surface area contributed by atoms with Crippen LogP contribution in [-0.2, 0) is 7.05 Å². The van der Waals surface area contributed by atoms with E-state index >= 15 is 0 Å². The van der Waals surface area contributed by atoms with Crippen molar-refractivity contribution in [3.05, 3.63) is 17.8 Å². The zero-order valence-electron chi connectivity index (χ0n) is 15.1. The Morgan fingerprint density at radius 2 is 2.15 bits per heavy atom. The van der Waals surface area contributed by atoms with Gasteiger partial charge in [-0.15, -0.1) is 0 Å². The van der Waals surface area contributed by atoms with Crippen LogP contribution in [0.4, 0.5) is 0 Å². The Bertz CT molecular complexity index is 777. The molecule has 1 atom stereocenters. The summed E-state index contributed by atoms with van der Waals surface area (Å²) in [5.41, 5.74) is 1.09. The Hall–Kier alpha value is -2.19. The maximum Gasteiger partial charge on any atom is 0.272 e. The number of carbonyl (C=O) groups is 1. The number of amides is 1. The van der Waals surface area contributed by atoms with Crippen LogP contribution in [-0.4, -0.2) is 59.0 Å². The second kappa shape index (κ2) is 7.59. The van der Waals surface area contributed by atoms with Gasteiger partial charge in [-0.05, 0) is 51.4 Å². The minimum Gasteiger partial charge on any atom is -0.476 e. The second-order valence-corrected chi connectivity index (χ2v) is 7.09. The van der Waals surface area contributed by atoms with E-state index in [0.29, 0.717) is 29.9 Å². The lowest BCUT2D eigenvalue weighted by atomic mass is 10.1. The first-order valence-electron chi connectivity index (χ1n) is 9.42. The van der Waals surface area contributed by atoms with Crippen molar-refractivity contribution in [3.63, 3.8) is 0 Å². The van der Waals surface area contributed by atoms with Crippen molar-refractivity contribution >= 4 is 16.9 Å². The minimum atomic E-state index is -0.131. The smallest absolute Gasteiger partial charge is 0.272 e. The van der Waals surface area contributed by atoms with E-state index in [1.54, 1.807) is 11.7 Å². The molecule has 140 valence electrons. The van der Waals surface area contributed by atoms with Gasteiger partial charge in [0.1, 0.15) is 6.61 Å². The molecule has 0 radical (unpaired) electrons. The number of hydrogen-bond acceptors (Lipinski definition) is 6. The van der Waals surface area contributed by atoms with Crippen LogP contribution in [0, 0.1) is 0 Å². The fourth-order valence-electron chi connectivity index (χ4n) is 3.67. The number of ether oxygens (including phenoxy) is 1. The van der Waals surface area contributed by atoms with Gasteiger partial charge in [-0.3, -0.25) is 4.79 Å². The summed E-state index contributed by atoms with van der Waals surface area (Å²) < 4.78 is 7.47. The third kappa shape index (κ3) is 3.66. The van der Waals surface area contributed by atoms with Crippen LogP contribution in [0.25, 0.3) is 11.0 Å². The Morgan fingerprint density at radius 3 is 2.92 bits per heavy atom. The molecule has 0 bridgehead atoms. The highest BCUT2D eigenvalue weighted by atomic mass is 16.5. The molecule has 0 aromatic carbocycles. The summed E-state index contributed by atoms with van der Waals surface area (Å²) in [7, 11) is 1.80. The highest BCUT2D eigenvalue weighted by molar-refractivity contribution is 6.04. The SMILES string of the molecule is Cn1nc(C(=O)NC2CCNCC2)c2ccc(OCC3CCCN3)nc21. The van der Waals surface area contributed by atoms with Crippen LogP contribution >= 0.6 is 0 Å². The molecular formula is C18H26N6O2. The summed E-state index contributed by atoms with van der Waals surface area (Å²) in [5.74, 6) is 0.438. The van der Waals surface area contributed by atoms with Gasteiger partial charge in [0.05, 0.1) is 5.39 Å². The van der Waals surface area contributed by atoms with Gasteiger partial charge in [-0.25, -0.2) is 4.68 Å². The van der Waals surface area contributed by atoms with E-state index in [2.05, 4.69) is 26.0 Å². The van der Waals surface area contributed by atoms with E-state index in [1.165, 1.54) is 6.42 Å². The molecule has 8 nitrogen and oxygen atoms in total. The largest absolute Gasteiger partial charge is 0.476 e. The molecule has 2 aliphatic heterocycles. The first kappa shape index (κ1) is 17.2. The highest BCUT2D eigenvalue weighted by Crippen LogP contribution is 2.21. The molecule has 1 amide bonds. The highest BCUT2D eigenvalue weighted by Gasteiger charge is 2.22. The quantitative estimate of drug-likeness (QED) is 0.724. The van der Waals surface area contributed by atoms with Crippen LogP contribution in [0.1, 0.15) is 36.2 Å². The van der Waals surface area contributed by atoms with Crippen LogP contribution < -0.4 is 20.7 Å². The zero-order chi connectivity index (χ0) is 17.9. The van der Waals surface area contributed by atoms with Crippen molar-refractivity contribution in [2.45, 2.75) is 37.8 Å². The molecular weight excluding hydrogens is 332 g/mol. The van der Waals surface area contributed by atoms with Crippen molar-refractivity contribution in [1.82, 2.24) is 30.7 Å². The van der Waals surface area contributed by atoms with E-state index < -0.39 is 0 Å². The molecule has 1 unspecified atom stereocenters. The number of piperidine rings is 1. The molecule has 8 heteroatoms. The molecule has 26 heavy (non-hydrogen) atoms. The van der Waals surface area contributed by atoms with Gasteiger partial charge in [-0.2, -0.15) is 10.1 Å². The molecule has 4 rings (SSSR count). The van der Waals surface area contributed by atoms with Gasteiger partial charge in [0.25, 0.3) is 5.91 Å². The fourth-order valence-corrected chi connectivity index (χ4v) is 3.67. The first-order chi connectivity index (χ1) is 12.7. The minimum absolute atomic E-state index is 0.131. The summed E-state index contributed by atoms with van der Waals surface area (Å²) >= 11 is 0. The predicted octanol–water partition coefficient (Wildman–Crippen LogP) is 0.581. The number of carbonyl (C=O) groups excluding carboxylic acids is 1. The molecule has 2 fully saturated rings. The van der Waals surface area contributed by atoms with Gasteiger partial charge >= 0.3 is 0 Å². The zero-order valence-corrected chi connectivity index (χ0v) is 15.1. The summed E-state index contributed by atoms with van der Waals surface area (Å²) in [5, 5.41) is 14.9. The average Bonchev–Trinajstić information content (AvgIpc) is 3.29. The number of pyridine rings is 1. The van der Waals surface area contributed by atoms with E-state index in [9.17, 15) is 4.79 Å². The van der Waals surface area contributed by atoms with Gasteiger partial charge in [0.2, 0.25) is 5.88 Å². The van der Waals surface area contributed by atoms with Crippen LogP contribution in [0.5, 0.6) is 5.88 Å². The third-order valence-electron chi connectivity index (χ3n) is 5.15. The number of aryl methyl sites for hydroxylation is 1. The van der Waals surface area contributed by atoms with Gasteiger partial charge < -0.3 is 20.7 Å². The van der Waals surface area contributed by atoms with Crippen LogP contribution in [0.15, 0.2) is 12.1 Å². The number of aromatic nitrogens is 3. The lowest BCUT2D eigenvalue weighted by Gasteiger charge is -2.23. The fraction of sp³-hybridized carbons (Fsp3) is 0.611. The molecule has 2 saturated heterocycles. The van der Waals surface area contributed by atoms with Gasteiger partial charge in [0, 0.05) is 25.2 Å². The van der Waals surface area contributed by atoms with Gasteiger partial charge in [0.15, 0.2) is 11.3 Å². The summed E-state index contributed by atoms with van der Waals surface area (Å²) in [6.45, 7) is 3.54. The third-order valence-corrected chi connectivity index (χ3v) is 5.15. The Morgan fingerprint density at radius 1 is 1.31 bits per heavy atom. The molecule has 4 heterocycles. The van der Waals surface area contributed by atoms with Crippen LogP contribution in [0.3, 0.4) is 0 Å². The summed E-state index contributed by atoms with van der Waals surface area (Å²) in [6.07, 6.45) is 4.22.